The van der Waals surface area contributed by atoms with Crippen molar-refractivity contribution >= 4 is 28.6 Å². The zero-order valence-corrected chi connectivity index (χ0v) is 19.8. The molecule has 5 rings (SSSR count). The summed E-state index contributed by atoms with van der Waals surface area (Å²) in [6, 6.07) is 6.92. The minimum atomic E-state index is -0.537. The van der Waals surface area contributed by atoms with Crippen molar-refractivity contribution in [2.24, 2.45) is 11.3 Å². The average Bonchev–Trinajstić information content (AvgIpc) is 3.25. The van der Waals surface area contributed by atoms with E-state index in [1.165, 1.54) is 0 Å². The molecule has 34 heavy (non-hydrogen) atoms. The fraction of sp³-hybridized carbons (Fsp3) is 0.560. The second-order valence-corrected chi connectivity index (χ2v) is 9.94. The predicted molar refractivity (Wildman–Crippen MR) is 127 cm³/mol. The van der Waals surface area contributed by atoms with Crippen molar-refractivity contribution in [1.29, 1.82) is 0 Å². The molecule has 182 valence electrons. The van der Waals surface area contributed by atoms with Crippen LogP contribution in [0.1, 0.15) is 49.0 Å². The summed E-state index contributed by atoms with van der Waals surface area (Å²) in [5, 5.41) is 9.89. The van der Waals surface area contributed by atoms with E-state index in [9.17, 15) is 14.4 Å². The number of methoxy groups -OCH3 is 1. The molecule has 1 aliphatic carbocycles. The number of hydrogen-bond donors (Lipinski definition) is 4. The minimum absolute atomic E-state index is 0.0372. The van der Waals surface area contributed by atoms with Gasteiger partial charge in [-0.3, -0.25) is 14.4 Å². The molecule has 3 aliphatic rings. The first-order chi connectivity index (χ1) is 16.4. The molecule has 1 aromatic carbocycles. The number of likely N-dealkylation sites (tertiary alicyclic amines) is 1. The first-order valence-electron chi connectivity index (χ1n) is 12.1. The Morgan fingerprint density at radius 3 is 2.79 bits per heavy atom. The summed E-state index contributed by atoms with van der Waals surface area (Å²) in [6.07, 6.45) is 4.79. The third-order valence-corrected chi connectivity index (χ3v) is 7.83. The molecular formula is C25H33N5O4. The maximum absolute atomic E-state index is 13.6. The lowest BCUT2D eigenvalue weighted by molar-refractivity contribution is -0.129. The smallest absolute Gasteiger partial charge is 0.270 e. The Kier molecular flexibility index (Phi) is 5.97. The van der Waals surface area contributed by atoms with Gasteiger partial charge < -0.3 is 30.6 Å². The van der Waals surface area contributed by atoms with Crippen molar-refractivity contribution in [2.75, 3.05) is 27.2 Å². The van der Waals surface area contributed by atoms with Gasteiger partial charge in [0.1, 0.15) is 17.5 Å². The maximum atomic E-state index is 13.6. The molecule has 1 spiro atoms. The van der Waals surface area contributed by atoms with Crippen LogP contribution in [0.5, 0.6) is 5.75 Å². The predicted octanol–water partition coefficient (Wildman–Crippen LogP) is 1.75. The number of aromatic nitrogens is 1. The van der Waals surface area contributed by atoms with Gasteiger partial charge >= 0.3 is 0 Å². The number of aromatic amines is 1. The van der Waals surface area contributed by atoms with E-state index in [-0.39, 0.29) is 35.2 Å². The molecule has 9 nitrogen and oxygen atoms in total. The molecule has 0 radical (unpaired) electrons. The third kappa shape index (κ3) is 4.24. The molecule has 4 N–H and O–H groups in total. The molecule has 1 aromatic heterocycles. The summed E-state index contributed by atoms with van der Waals surface area (Å²) in [4.78, 5) is 44.0. The number of amides is 3. The molecule has 1 saturated carbocycles. The maximum Gasteiger partial charge on any atom is 0.270 e. The fourth-order valence-corrected chi connectivity index (χ4v) is 5.49. The number of carbonyl (C=O) groups excluding carboxylic acids is 3. The summed E-state index contributed by atoms with van der Waals surface area (Å²) >= 11 is 0. The number of nitrogens with zero attached hydrogens (tertiary/aromatic N) is 1. The Balaban J connectivity index is 1.35. The van der Waals surface area contributed by atoms with Gasteiger partial charge in [-0.05, 0) is 69.2 Å². The molecule has 0 unspecified atom stereocenters. The number of ether oxygens (including phenoxy) is 1. The number of piperidine rings is 1. The Hall–Kier alpha value is -3.07. The fourth-order valence-electron chi connectivity index (χ4n) is 5.49. The number of rotatable bonds is 7. The minimum Gasteiger partial charge on any atom is -0.496 e. The van der Waals surface area contributed by atoms with Gasteiger partial charge in [-0.15, -0.1) is 0 Å². The lowest BCUT2D eigenvalue weighted by Gasteiger charge is -2.39. The second kappa shape index (κ2) is 8.94. The average molecular weight is 468 g/mol. The number of fused-ring (bicyclic) bond motifs is 1. The Bertz CT molecular complexity index is 1110. The van der Waals surface area contributed by atoms with Crippen molar-refractivity contribution in [3.8, 4) is 5.75 Å². The van der Waals surface area contributed by atoms with Gasteiger partial charge in [0.25, 0.3) is 5.91 Å². The largest absolute Gasteiger partial charge is 0.496 e. The molecule has 3 atom stereocenters. The molecule has 0 bridgehead atoms. The van der Waals surface area contributed by atoms with Crippen LogP contribution in [0.2, 0.25) is 0 Å². The van der Waals surface area contributed by atoms with Crippen molar-refractivity contribution in [3.63, 3.8) is 0 Å². The quantitative estimate of drug-likeness (QED) is 0.463. The number of carbonyl (C=O) groups is 3. The van der Waals surface area contributed by atoms with Crippen molar-refractivity contribution in [3.05, 3.63) is 30.0 Å². The summed E-state index contributed by atoms with van der Waals surface area (Å²) in [5.74, 6) is 0.287. The second-order valence-electron chi connectivity index (χ2n) is 9.94. The van der Waals surface area contributed by atoms with Gasteiger partial charge in [0.2, 0.25) is 11.8 Å². The summed E-state index contributed by atoms with van der Waals surface area (Å²) < 4.78 is 5.43. The van der Waals surface area contributed by atoms with E-state index < -0.39 is 6.04 Å². The Morgan fingerprint density at radius 2 is 2.12 bits per heavy atom. The van der Waals surface area contributed by atoms with E-state index in [2.05, 4.69) is 20.9 Å². The lowest BCUT2D eigenvalue weighted by Crippen LogP contribution is -2.57. The SMILES string of the molecule is CN[C@H](C[C@@H]1CCNC1=O)NC(=O)[C@@H]1CC2(CCN1C(=O)c1cc3c(OC)cccc3[nH]1)CC2. The molecule has 3 amide bonds. The lowest BCUT2D eigenvalue weighted by atomic mass is 9.87. The van der Waals surface area contributed by atoms with Crippen LogP contribution >= 0.6 is 0 Å². The molecular weight excluding hydrogens is 434 g/mol. The summed E-state index contributed by atoms with van der Waals surface area (Å²) in [5.41, 5.74) is 1.46. The monoisotopic (exact) mass is 467 g/mol. The zero-order valence-electron chi connectivity index (χ0n) is 19.8. The number of benzene rings is 1. The van der Waals surface area contributed by atoms with Crippen LogP contribution in [0.25, 0.3) is 10.9 Å². The Morgan fingerprint density at radius 1 is 1.29 bits per heavy atom. The van der Waals surface area contributed by atoms with Gasteiger partial charge in [-0.25, -0.2) is 0 Å². The number of H-pyrrole nitrogens is 1. The van der Waals surface area contributed by atoms with Crippen LogP contribution in [-0.2, 0) is 9.59 Å². The van der Waals surface area contributed by atoms with Gasteiger partial charge in [-0.2, -0.15) is 0 Å². The van der Waals surface area contributed by atoms with E-state index in [0.29, 0.717) is 37.4 Å². The molecule has 2 aliphatic heterocycles. The standard InChI is InChI=1S/C25H33N5O4/c1-26-21(12-15-6-10-27-22(15)31)29-23(32)19-14-25(7-8-25)9-11-30(19)24(33)18-13-16-17(28-18)4-3-5-20(16)34-2/h3-5,13,15,19,21,26,28H,6-12,14H2,1-2H3,(H,27,31)(H,29,32)/t15-,19-,21-/m0/s1. The highest BCUT2D eigenvalue weighted by atomic mass is 16.5. The van der Waals surface area contributed by atoms with E-state index >= 15 is 0 Å². The normalized spacial score (nSPS) is 24.2. The van der Waals surface area contributed by atoms with Crippen LogP contribution in [0.3, 0.4) is 0 Å². The molecule has 3 heterocycles. The molecule has 2 saturated heterocycles. The van der Waals surface area contributed by atoms with Gasteiger partial charge in [0.05, 0.1) is 13.3 Å². The molecule has 3 fully saturated rings. The van der Waals surface area contributed by atoms with Crippen molar-refractivity contribution in [1.82, 2.24) is 25.8 Å². The summed E-state index contributed by atoms with van der Waals surface area (Å²) in [7, 11) is 3.39. The van der Waals surface area contributed by atoms with Crippen molar-refractivity contribution in [2.45, 2.75) is 50.7 Å². The molecule has 2 aromatic rings. The number of hydrogen-bond acceptors (Lipinski definition) is 5. The van der Waals surface area contributed by atoms with Crippen LogP contribution in [-0.4, -0.2) is 67.1 Å². The highest BCUT2D eigenvalue weighted by Crippen LogP contribution is 2.55. The van der Waals surface area contributed by atoms with Gasteiger partial charge in [0, 0.05) is 29.9 Å². The Labute approximate surface area is 199 Å². The van der Waals surface area contributed by atoms with Crippen LogP contribution in [0, 0.1) is 11.3 Å². The first kappa shape index (κ1) is 22.7. The van der Waals surface area contributed by atoms with E-state index in [0.717, 1.165) is 36.6 Å². The number of nitrogens with one attached hydrogen (secondary N) is 4. The highest BCUT2D eigenvalue weighted by molar-refractivity contribution is 6.01. The summed E-state index contributed by atoms with van der Waals surface area (Å²) in [6.45, 7) is 1.23. The van der Waals surface area contributed by atoms with E-state index in [1.807, 2.05) is 24.3 Å². The van der Waals surface area contributed by atoms with E-state index in [4.69, 9.17) is 4.74 Å². The zero-order chi connectivity index (χ0) is 23.9. The molecule has 9 heteroatoms. The van der Waals surface area contributed by atoms with Crippen LogP contribution in [0.15, 0.2) is 24.3 Å². The van der Waals surface area contributed by atoms with Crippen LogP contribution in [0.4, 0.5) is 0 Å². The van der Waals surface area contributed by atoms with Gasteiger partial charge in [0.15, 0.2) is 0 Å². The first-order valence-corrected chi connectivity index (χ1v) is 12.1. The topological polar surface area (TPSA) is 116 Å². The highest BCUT2D eigenvalue weighted by Gasteiger charge is 2.51. The third-order valence-electron chi connectivity index (χ3n) is 7.83. The van der Waals surface area contributed by atoms with E-state index in [1.54, 1.807) is 19.1 Å². The van der Waals surface area contributed by atoms with Crippen molar-refractivity contribution < 1.29 is 19.1 Å². The van der Waals surface area contributed by atoms with Crippen LogP contribution < -0.4 is 20.7 Å². The van der Waals surface area contributed by atoms with Gasteiger partial charge in [-0.1, -0.05) is 6.07 Å².